The minimum atomic E-state index is 0.288. The lowest BCUT2D eigenvalue weighted by Crippen LogP contribution is -2.19. The van der Waals surface area contributed by atoms with E-state index >= 15 is 0 Å². The van der Waals surface area contributed by atoms with Crippen LogP contribution < -0.4 is 5.32 Å². The third-order valence-electron chi connectivity index (χ3n) is 3.63. The van der Waals surface area contributed by atoms with Crippen LogP contribution in [0.25, 0.3) is 0 Å². The maximum Gasteiger partial charge on any atom is 0.0595 e. The molecule has 1 nitrogen and oxygen atoms in total. The second-order valence-electron chi connectivity index (χ2n) is 4.76. The summed E-state index contributed by atoms with van der Waals surface area (Å²) in [4.78, 5) is 0. The molecule has 0 heterocycles. The van der Waals surface area contributed by atoms with Gasteiger partial charge in [-0.1, -0.05) is 43.1 Å². The van der Waals surface area contributed by atoms with E-state index in [9.17, 15) is 0 Å². The zero-order valence-electron chi connectivity index (χ0n) is 9.69. The van der Waals surface area contributed by atoms with Crippen LogP contribution >= 0.6 is 23.2 Å². The maximum atomic E-state index is 6.05. The number of rotatable bonds is 4. The van der Waals surface area contributed by atoms with Crippen molar-refractivity contribution in [1.82, 2.24) is 5.32 Å². The third-order valence-corrected chi connectivity index (χ3v) is 4.37. The summed E-state index contributed by atoms with van der Waals surface area (Å²) in [5.41, 5.74) is 1.60. The van der Waals surface area contributed by atoms with E-state index in [1.165, 1.54) is 12.0 Å². The summed E-state index contributed by atoms with van der Waals surface area (Å²) >= 11 is 12.0. The second kappa shape index (κ2) is 4.56. The van der Waals surface area contributed by atoms with E-state index < -0.39 is 0 Å². The fourth-order valence-electron chi connectivity index (χ4n) is 2.27. The highest BCUT2D eigenvalue weighted by molar-refractivity contribution is 6.42. The van der Waals surface area contributed by atoms with Gasteiger partial charge in [-0.3, -0.25) is 0 Å². The van der Waals surface area contributed by atoms with Gasteiger partial charge in [0.05, 0.1) is 10.0 Å². The highest BCUT2D eigenvalue weighted by atomic mass is 35.5. The van der Waals surface area contributed by atoms with Gasteiger partial charge in [0, 0.05) is 0 Å². The summed E-state index contributed by atoms with van der Waals surface area (Å²) in [5.74, 6) is 0.727. The van der Waals surface area contributed by atoms with Gasteiger partial charge in [0.15, 0.2) is 0 Å². The van der Waals surface area contributed by atoms with E-state index in [0.717, 1.165) is 19.0 Å². The van der Waals surface area contributed by atoms with Crippen LogP contribution in [0.15, 0.2) is 18.2 Å². The molecule has 0 spiro atoms. The number of benzene rings is 1. The van der Waals surface area contributed by atoms with Crippen LogP contribution in [0.2, 0.25) is 10.0 Å². The lowest BCUT2D eigenvalue weighted by Gasteiger charge is -2.13. The molecule has 0 radical (unpaired) electrons. The van der Waals surface area contributed by atoms with Gasteiger partial charge in [-0.2, -0.15) is 0 Å². The van der Waals surface area contributed by atoms with Gasteiger partial charge in [0.1, 0.15) is 0 Å². The molecule has 0 aromatic heterocycles. The minimum absolute atomic E-state index is 0.288. The zero-order valence-corrected chi connectivity index (χ0v) is 11.2. The monoisotopic (exact) mass is 257 g/mol. The van der Waals surface area contributed by atoms with Crippen LogP contribution in [0, 0.1) is 5.92 Å². The number of hydrogen-bond acceptors (Lipinski definition) is 1. The van der Waals surface area contributed by atoms with Crippen molar-refractivity contribution in [3.05, 3.63) is 33.8 Å². The summed E-state index contributed by atoms with van der Waals surface area (Å²) in [6, 6.07) is 6.00. The van der Waals surface area contributed by atoms with E-state index in [-0.39, 0.29) is 5.41 Å². The quantitative estimate of drug-likeness (QED) is 0.864. The van der Waals surface area contributed by atoms with Crippen LogP contribution in [0.4, 0.5) is 0 Å². The van der Waals surface area contributed by atoms with Crippen molar-refractivity contribution >= 4 is 23.2 Å². The largest absolute Gasteiger partial charge is 0.317 e. The summed E-state index contributed by atoms with van der Waals surface area (Å²) in [6.45, 7) is 6.56. The summed E-state index contributed by atoms with van der Waals surface area (Å²) < 4.78 is 0. The van der Waals surface area contributed by atoms with Gasteiger partial charge in [-0.25, -0.2) is 0 Å². The summed E-state index contributed by atoms with van der Waals surface area (Å²) in [7, 11) is 0. The first kappa shape index (κ1) is 12.2. The molecule has 3 heteroatoms. The normalized spacial score (nSPS) is 28.1. The lowest BCUT2D eigenvalue weighted by atomic mass is 9.95. The first-order valence-corrected chi connectivity index (χ1v) is 6.49. The Balaban J connectivity index is 2.10. The second-order valence-corrected chi connectivity index (χ2v) is 5.57. The lowest BCUT2D eigenvalue weighted by molar-refractivity contribution is 0.591. The Hall–Kier alpha value is -0.240. The van der Waals surface area contributed by atoms with E-state index in [0.29, 0.717) is 10.0 Å². The highest BCUT2D eigenvalue weighted by Crippen LogP contribution is 2.54. The Morgan fingerprint density at radius 1 is 1.38 bits per heavy atom. The molecular weight excluding hydrogens is 241 g/mol. The molecule has 2 atom stereocenters. The maximum absolute atomic E-state index is 6.05. The average Bonchev–Trinajstić information content (AvgIpc) is 2.92. The smallest absolute Gasteiger partial charge is 0.0595 e. The number of nitrogens with one attached hydrogen (secondary N) is 1. The SMILES string of the molecule is CCNCC1CC1(C)c1ccc(Cl)c(Cl)c1. The van der Waals surface area contributed by atoms with Crippen LogP contribution in [0.3, 0.4) is 0 Å². The fourth-order valence-corrected chi connectivity index (χ4v) is 2.57. The van der Waals surface area contributed by atoms with Crippen molar-refractivity contribution in [3.63, 3.8) is 0 Å². The van der Waals surface area contributed by atoms with Crippen molar-refractivity contribution in [2.75, 3.05) is 13.1 Å². The van der Waals surface area contributed by atoms with Crippen LogP contribution in [-0.4, -0.2) is 13.1 Å². The van der Waals surface area contributed by atoms with Gasteiger partial charge in [0.25, 0.3) is 0 Å². The molecule has 1 aromatic rings. The third kappa shape index (κ3) is 2.22. The molecule has 1 saturated carbocycles. The molecule has 1 fully saturated rings. The predicted octanol–water partition coefficient (Wildman–Crippen LogP) is 3.88. The Kier molecular flexibility index (Phi) is 3.48. The topological polar surface area (TPSA) is 12.0 Å². The minimum Gasteiger partial charge on any atom is -0.317 e. The van der Waals surface area contributed by atoms with Crippen LogP contribution in [0.1, 0.15) is 25.8 Å². The fraction of sp³-hybridized carbons (Fsp3) is 0.538. The van der Waals surface area contributed by atoms with Crippen molar-refractivity contribution in [3.8, 4) is 0 Å². The van der Waals surface area contributed by atoms with Crippen molar-refractivity contribution in [2.45, 2.75) is 25.7 Å². The van der Waals surface area contributed by atoms with Gasteiger partial charge < -0.3 is 5.32 Å². The van der Waals surface area contributed by atoms with Gasteiger partial charge in [-0.15, -0.1) is 0 Å². The molecule has 0 bridgehead atoms. The molecule has 0 amide bonds. The van der Waals surface area contributed by atoms with Crippen molar-refractivity contribution in [2.24, 2.45) is 5.92 Å². The molecule has 16 heavy (non-hydrogen) atoms. The molecule has 2 unspecified atom stereocenters. The van der Waals surface area contributed by atoms with Gasteiger partial charge in [-0.05, 0) is 48.5 Å². The first-order valence-electron chi connectivity index (χ1n) is 5.74. The van der Waals surface area contributed by atoms with Crippen molar-refractivity contribution in [1.29, 1.82) is 0 Å². The average molecular weight is 258 g/mol. The van der Waals surface area contributed by atoms with E-state index in [1.807, 2.05) is 12.1 Å². The standard InChI is InChI=1S/C13H17Cl2N/c1-3-16-8-10-7-13(10,2)9-4-5-11(14)12(15)6-9/h4-6,10,16H,3,7-8H2,1-2H3. The molecule has 1 aliphatic rings. The van der Waals surface area contributed by atoms with Crippen LogP contribution in [0.5, 0.6) is 0 Å². The Bertz CT molecular complexity index is 392. The van der Waals surface area contributed by atoms with E-state index in [2.05, 4.69) is 25.2 Å². The number of halogens is 2. The molecular formula is C13H17Cl2N. The van der Waals surface area contributed by atoms with Crippen molar-refractivity contribution < 1.29 is 0 Å². The Morgan fingerprint density at radius 3 is 2.75 bits per heavy atom. The zero-order chi connectivity index (χ0) is 11.8. The van der Waals surface area contributed by atoms with Gasteiger partial charge in [0.2, 0.25) is 0 Å². The van der Waals surface area contributed by atoms with Gasteiger partial charge >= 0.3 is 0 Å². The summed E-state index contributed by atoms with van der Waals surface area (Å²) in [5, 5.41) is 4.70. The Morgan fingerprint density at radius 2 is 2.12 bits per heavy atom. The summed E-state index contributed by atoms with van der Waals surface area (Å²) in [6.07, 6.45) is 1.23. The molecule has 1 N–H and O–H groups in total. The van der Waals surface area contributed by atoms with E-state index in [4.69, 9.17) is 23.2 Å². The first-order chi connectivity index (χ1) is 7.58. The Labute approximate surface area is 107 Å². The van der Waals surface area contributed by atoms with E-state index in [1.54, 1.807) is 0 Å². The molecule has 1 aliphatic carbocycles. The molecule has 0 aliphatic heterocycles. The highest BCUT2D eigenvalue weighted by Gasteiger charge is 2.50. The van der Waals surface area contributed by atoms with Crippen LogP contribution in [-0.2, 0) is 5.41 Å². The number of hydrogen-bond donors (Lipinski definition) is 1. The molecule has 1 aromatic carbocycles. The molecule has 2 rings (SSSR count). The predicted molar refractivity (Wildman–Crippen MR) is 70.5 cm³/mol. The molecule has 0 saturated heterocycles. The molecule has 88 valence electrons.